The van der Waals surface area contributed by atoms with Crippen molar-refractivity contribution in [3.63, 3.8) is 0 Å². The average molecular weight is 365 g/mol. The fraction of sp³-hybridized carbons (Fsp3) is 0.455. The Morgan fingerprint density at radius 3 is 2.76 bits per heavy atom. The lowest BCUT2D eigenvalue weighted by Gasteiger charge is -2.02. The molecule has 1 aromatic heterocycles. The summed E-state index contributed by atoms with van der Waals surface area (Å²) < 4.78 is 1.23. The molecule has 1 aromatic rings. The van der Waals surface area contributed by atoms with Gasteiger partial charge in [0.05, 0.1) is 14.7 Å². The van der Waals surface area contributed by atoms with E-state index in [-0.39, 0.29) is 11.8 Å². The maximum atomic E-state index is 11.5. The van der Waals surface area contributed by atoms with Crippen LogP contribution >= 0.6 is 33.9 Å². The first-order valence-electron chi connectivity index (χ1n) is 5.32. The van der Waals surface area contributed by atoms with Crippen LogP contribution in [-0.4, -0.2) is 23.5 Å². The zero-order valence-corrected chi connectivity index (χ0v) is 12.0. The molecule has 1 aliphatic rings. The Balaban J connectivity index is 1.69. The molecule has 6 heteroatoms. The molecule has 0 spiro atoms. The number of rotatable bonds is 5. The van der Waals surface area contributed by atoms with Crippen molar-refractivity contribution in [2.75, 3.05) is 6.54 Å². The number of carbonyl (C=O) groups is 2. The molecular formula is C11H12INO3S. The number of amides is 1. The van der Waals surface area contributed by atoms with Crippen LogP contribution in [-0.2, 0) is 16.0 Å². The highest BCUT2D eigenvalue weighted by Gasteiger charge is 2.48. The number of carbonyl (C=O) groups excluding carboxylic acids is 1. The van der Waals surface area contributed by atoms with Crippen LogP contribution in [0.25, 0.3) is 0 Å². The SMILES string of the molecule is O=C(O)C1CC1C(=O)NCCc1ccc(I)s1. The quantitative estimate of drug-likeness (QED) is 0.782. The molecule has 1 amide bonds. The molecule has 0 aliphatic heterocycles. The Morgan fingerprint density at radius 1 is 1.47 bits per heavy atom. The number of hydrogen-bond donors (Lipinski definition) is 2. The molecule has 1 heterocycles. The first-order chi connectivity index (χ1) is 8.08. The molecule has 0 aromatic carbocycles. The minimum absolute atomic E-state index is 0.122. The number of hydrogen-bond acceptors (Lipinski definition) is 3. The van der Waals surface area contributed by atoms with Crippen LogP contribution in [0.1, 0.15) is 11.3 Å². The third kappa shape index (κ3) is 3.41. The summed E-state index contributed by atoms with van der Waals surface area (Å²) in [4.78, 5) is 23.4. The summed E-state index contributed by atoms with van der Waals surface area (Å²) in [5, 5.41) is 11.5. The maximum absolute atomic E-state index is 11.5. The normalized spacial score (nSPS) is 22.2. The van der Waals surface area contributed by atoms with E-state index < -0.39 is 11.9 Å². The molecule has 0 radical (unpaired) electrons. The van der Waals surface area contributed by atoms with E-state index in [9.17, 15) is 9.59 Å². The lowest BCUT2D eigenvalue weighted by atomic mass is 10.3. The van der Waals surface area contributed by atoms with Crippen LogP contribution in [0.15, 0.2) is 12.1 Å². The highest BCUT2D eigenvalue weighted by Crippen LogP contribution is 2.38. The largest absolute Gasteiger partial charge is 0.481 e. The standard InChI is InChI=1S/C11H12INO3S/c12-9-2-1-6(17-9)3-4-13-10(14)7-5-8(7)11(15)16/h1-2,7-8H,3-5H2,(H,13,14)(H,15,16). The van der Waals surface area contributed by atoms with E-state index in [1.165, 1.54) is 7.76 Å². The zero-order valence-electron chi connectivity index (χ0n) is 8.98. The Kier molecular flexibility index (Phi) is 4.03. The van der Waals surface area contributed by atoms with Gasteiger partial charge in [-0.05, 0) is 47.6 Å². The fourth-order valence-electron chi connectivity index (χ4n) is 1.68. The summed E-state index contributed by atoms with van der Waals surface area (Å²) in [5.41, 5.74) is 0. The predicted octanol–water partition coefficient (Wildman–Crippen LogP) is 1.73. The van der Waals surface area contributed by atoms with Crippen molar-refractivity contribution in [2.24, 2.45) is 11.8 Å². The molecule has 92 valence electrons. The van der Waals surface area contributed by atoms with Crippen LogP contribution in [0.3, 0.4) is 0 Å². The molecule has 17 heavy (non-hydrogen) atoms. The first kappa shape index (κ1) is 12.8. The van der Waals surface area contributed by atoms with Crippen molar-refractivity contribution in [1.82, 2.24) is 5.32 Å². The van der Waals surface area contributed by atoms with Crippen LogP contribution in [0.4, 0.5) is 0 Å². The van der Waals surface area contributed by atoms with E-state index in [2.05, 4.69) is 34.0 Å². The van der Waals surface area contributed by atoms with Crippen LogP contribution in [0.2, 0.25) is 0 Å². The molecule has 2 atom stereocenters. The van der Waals surface area contributed by atoms with Gasteiger partial charge in [0.1, 0.15) is 0 Å². The van der Waals surface area contributed by atoms with Crippen molar-refractivity contribution in [3.8, 4) is 0 Å². The van der Waals surface area contributed by atoms with Gasteiger partial charge in [-0.15, -0.1) is 11.3 Å². The van der Waals surface area contributed by atoms with Crippen molar-refractivity contribution in [3.05, 3.63) is 19.9 Å². The number of carboxylic acid groups (broad SMARTS) is 1. The maximum Gasteiger partial charge on any atom is 0.307 e. The summed E-state index contributed by atoms with van der Waals surface area (Å²) in [6.45, 7) is 0.582. The highest BCUT2D eigenvalue weighted by molar-refractivity contribution is 14.1. The predicted molar refractivity (Wildman–Crippen MR) is 73.0 cm³/mol. The molecule has 1 saturated carbocycles. The van der Waals surface area contributed by atoms with Gasteiger partial charge >= 0.3 is 5.97 Å². The van der Waals surface area contributed by atoms with E-state index in [4.69, 9.17) is 5.11 Å². The molecule has 1 aliphatic carbocycles. The van der Waals surface area contributed by atoms with E-state index in [1.54, 1.807) is 11.3 Å². The molecular weight excluding hydrogens is 353 g/mol. The minimum Gasteiger partial charge on any atom is -0.481 e. The van der Waals surface area contributed by atoms with Crippen molar-refractivity contribution < 1.29 is 14.7 Å². The minimum atomic E-state index is -0.863. The third-order valence-corrected chi connectivity index (χ3v) is 4.70. The average Bonchev–Trinajstić information content (AvgIpc) is 2.97. The van der Waals surface area contributed by atoms with E-state index >= 15 is 0 Å². The van der Waals surface area contributed by atoms with Gasteiger partial charge in [0.25, 0.3) is 0 Å². The van der Waals surface area contributed by atoms with Gasteiger partial charge in [-0.2, -0.15) is 0 Å². The molecule has 0 saturated heterocycles. The Labute approximate surface area is 117 Å². The molecule has 2 rings (SSSR count). The van der Waals surface area contributed by atoms with Gasteiger partial charge in [0.15, 0.2) is 0 Å². The summed E-state index contributed by atoms with van der Waals surface area (Å²) in [5.74, 6) is -1.75. The number of carboxylic acids is 1. The number of aliphatic carboxylic acids is 1. The highest BCUT2D eigenvalue weighted by atomic mass is 127. The fourth-order valence-corrected chi connectivity index (χ4v) is 3.44. The zero-order chi connectivity index (χ0) is 12.4. The summed E-state index contributed by atoms with van der Waals surface area (Å²) in [6, 6.07) is 4.10. The second kappa shape index (κ2) is 5.34. The van der Waals surface area contributed by atoms with Crippen molar-refractivity contribution in [1.29, 1.82) is 0 Å². The van der Waals surface area contributed by atoms with E-state index in [0.717, 1.165) is 6.42 Å². The Bertz CT molecular complexity index is 446. The van der Waals surface area contributed by atoms with Gasteiger partial charge < -0.3 is 10.4 Å². The third-order valence-electron chi connectivity index (χ3n) is 2.74. The monoisotopic (exact) mass is 365 g/mol. The van der Waals surface area contributed by atoms with Crippen molar-refractivity contribution >= 4 is 45.8 Å². The van der Waals surface area contributed by atoms with Crippen LogP contribution in [0.5, 0.6) is 0 Å². The summed E-state index contributed by atoms with van der Waals surface area (Å²) >= 11 is 3.97. The van der Waals surface area contributed by atoms with E-state index in [1.807, 2.05) is 6.07 Å². The van der Waals surface area contributed by atoms with E-state index in [0.29, 0.717) is 13.0 Å². The van der Waals surface area contributed by atoms with Crippen molar-refractivity contribution in [2.45, 2.75) is 12.8 Å². The van der Waals surface area contributed by atoms with Gasteiger partial charge in [0.2, 0.25) is 5.91 Å². The Hall–Kier alpha value is -0.630. The van der Waals surface area contributed by atoms with Crippen LogP contribution < -0.4 is 5.32 Å². The van der Waals surface area contributed by atoms with Gasteiger partial charge in [-0.25, -0.2) is 0 Å². The van der Waals surface area contributed by atoms with Gasteiger partial charge in [-0.3, -0.25) is 9.59 Å². The summed E-state index contributed by atoms with van der Waals surface area (Å²) in [7, 11) is 0. The second-order valence-electron chi connectivity index (χ2n) is 4.03. The lowest BCUT2D eigenvalue weighted by molar-refractivity contribution is -0.140. The number of thiophene rings is 1. The molecule has 4 nitrogen and oxygen atoms in total. The number of halogens is 1. The van der Waals surface area contributed by atoms with Gasteiger partial charge in [-0.1, -0.05) is 0 Å². The van der Waals surface area contributed by atoms with Gasteiger partial charge in [0, 0.05) is 11.4 Å². The first-order valence-corrected chi connectivity index (χ1v) is 7.22. The molecule has 1 fully saturated rings. The summed E-state index contributed by atoms with van der Waals surface area (Å²) in [6.07, 6.45) is 1.29. The smallest absolute Gasteiger partial charge is 0.307 e. The topological polar surface area (TPSA) is 66.4 Å². The number of nitrogens with one attached hydrogen (secondary N) is 1. The molecule has 2 unspecified atom stereocenters. The lowest BCUT2D eigenvalue weighted by Crippen LogP contribution is -2.28. The Morgan fingerprint density at radius 2 is 2.24 bits per heavy atom. The molecule has 0 bridgehead atoms. The molecule has 2 N–H and O–H groups in total. The second-order valence-corrected chi connectivity index (χ2v) is 7.10. The van der Waals surface area contributed by atoms with Crippen LogP contribution in [0, 0.1) is 14.7 Å².